The third kappa shape index (κ3) is 3.80. The average molecular weight is 348 g/mol. The predicted molar refractivity (Wildman–Crippen MR) is 94.3 cm³/mol. The van der Waals surface area contributed by atoms with Crippen molar-refractivity contribution >= 4 is 17.5 Å². The largest absolute Gasteiger partial charge is 0.379 e. The molecule has 0 bridgehead atoms. The number of nitrogens with zero attached hydrogens (tertiary/aromatic N) is 2. The molecule has 24 heavy (non-hydrogen) atoms. The molecule has 1 amide bonds. The summed E-state index contributed by atoms with van der Waals surface area (Å²) in [7, 11) is 2.03. The Morgan fingerprint density at radius 3 is 2.67 bits per heavy atom. The SMILES string of the molecule is Cn1cccc1C(CNC(=O)c1ccccc1Cl)N1CCOCC1. The summed E-state index contributed by atoms with van der Waals surface area (Å²) in [5.41, 5.74) is 1.68. The highest BCUT2D eigenvalue weighted by Gasteiger charge is 2.25. The molecule has 128 valence electrons. The van der Waals surface area contributed by atoms with Crippen LogP contribution in [-0.4, -0.2) is 48.2 Å². The predicted octanol–water partition coefficient (Wildman–Crippen LogP) is 2.48. The topological polar surface area (TPSA) is 46.5 Å². The molecule has 1 saturated heterocycles. The standard InChI is InChI=1S/C18H22ClN3O2/c1-21-8-4-7-16(21)17(22-9-11-24-12-10-22)13-20-18(23)14-5-2-3-6-15(14)19/h2-8,17H,9-13H2,1H3,(H,20,23). The molecule has 1 aromatic carbocycles. The van der Waals surface area contributed by atoms with Crippen LogP contribution in [0.3, 0.4) is 0 Å². The van der Waals surface area contributed by atoms with E-state index >= 15 is 0 Å². The number of aromatic nitrogens is 1. The number of nitrogens with one attached hydrogen (secondary N) is 1. The maximum Gasteiger partial charge on any atom is 0.252 e. The zero-order valence-corrected chi connectivity index (χ0v) is 14.5. The van der Waals surface area contributed by atoms with Crippen molar-refractivity contribution in [2.24, 2.45) is 7.05 Å². The van der Waals surface area contributed by atoms with Crippen LogP contribution in [0.4, 0.5) is 0 Å². The molecule has 2 aromatic rings. The van der Waals surface area contributed by atoms with Gasteiger partial charge < -0.3 is 14.6 Å². The number of aryl methyl sites for hydroxylation is 1. The molecule has 1 aliphatic heterocycles. The van der Waals surface area contributed by atoms with Gasteiger partial charge in [-0.05, 0) is 24.3 Å². The number of ether oxygens (including phenoxy) is 1. The summed E-state index contributed by atoms with van der Waals surface area (Å²) < 4.78 is 7.55. The van der Waals surface area contributed by atoms with Gasteiger partial charge in [-0.2, -0.15) is 0 Å². The molecular weight excluding hydrogens is 326 g/mol. The highest BCUT2D eigenvalue weighted by molar-refractivity contribution is 6.33. The van der Waals surface area contributed by atoms with Crippen LogP contribution in [0.15, 0.2) is 42.6 Å². The van der Waals surface area contributed by atoms with Crippen molar-refractivity contribution in [1.82, 2.24) is 14.8 Å². The zero-order valence-electron chi connectivity index (χ0n) is 13.7. The second-order valence-electron chi connectivity index (χ2n) is 5.90. The number of carbonyl (C=O) groups is 1. The van der Waals surface area contributed by atoms with Crippen LogP contribution < -0.4 is 5.32 Å². The van der Waals surface area contributed by atoms with Crippen LogP contribution in [0, 0.1) is 0 Å². The molecule has 1 N–H and O–H groups in total. The Morgan fingerprint density at radius 2 is 2.00 bits per heavy atom. The molecule has 1 atom stereocenters. The first-order valence-corrected chi connectivity index (χ1v) is 8.50. The number of benzene rings is 1. The molecule has 0 spiro atoms. The summed E-state index contributed by atoms with van der Waals surface area (Å²) in [5, 5.41) is 3.50. The third-order valence-electron chi connectivity index (χ3n) is 4.39. The Kier molecular flexibility index (Phi) is 5.56. The van der Waals surface area contributed by atoms with E-state index in [2.05, 4.69) is 20.9 Å². The van der Waals surface area contributed by atoms with Gasteiger partial charge in [0.1, 0.15) is 0 Å². The van der Waals surface area contributed by atoms with Gasteiger partial charge >= 0.3 is 0 Å². The molecule has 0 aliphatic carbocycles. The number of halogens is 1. The normalized spacial score (nSPS) is 16.8. The van der Waals surface area contributed by atoms with Crippen LogP contribution in [0.5, 0.6) is 0 Å². The third-order valence-corrected chi connectivity index (χ3v) is 4.72. The summed E-state index contributed by atoms with van der Waals surface area (Å²) >= 11 is 6.12. The Labute approximate surface area is 147 Å². The number of hydrogen-bond donors (Lipinski definition) is 1. The summed E-state index contributed by atoms with van der Waals surface area (Å²) in [6.45, 7) is 3.69. The van der Waals surface area contributed by atoms with Gasteiger partial charge in [0.2, 0.25) is 0 Å². The fourth-order valence-corrected chi connectivity index (χ4v) is 3.28. The van der Waals surface area contributed by atoms with Gasteiger partial charge in [0, 0.05) is 38.6 Å². The van der Waals surface area contributed by atoms with E-state index in [1.807, 2.05) is 31.4 Å². The minimum absolute atomic E-state index is 0.111. The Morgan fingerprint density at radius 1 is 1.25 bits per heavy atom. The molecule has 0 radical (unpaired) electrons. The lowest BCUT2D eigenvalue weighted by molar-refractivity contribution is 0.0148. The van der Waals surface area contributed by atoms with Crippen LogP contribution in [-0.2, 0) is 11.8 Å². The van der Waals surface area contributed by atoms with E-state index in [0.29, 0.717) is 17.1 Å². The number of morpholine rings is 1. The Hall–Kier alpha value is -1.82. The molecule has 0 saturated carbocycles. The highest BCUT2D eigenvalue weighted by Crippen LogP contribution is 2.22. The van der Waals surface area contributed by atoms with Crippen molar-refractivity contribution in [2.75, 3.05) is 32.8 Å². The van der Waals surface area contributed by atoms with Crippen LogP contribution in [0.1, 0.15) is 22.1 Å². The van der Waals surface area contributed by atoms with Crippen molar-refractivity contribution < 1.29 is 9.53 Å². The van der Waals surface area contributed by atoms with Gasteiger partial charge in [0.25, 0.3) is 5.91 Å². The van der Waals surface area contributed by atoms with Gasteiger partial charge in [-0.25, -0.2) is 0 Å². The van der Waals surface area contributed by atoms with Crippen LogP contribution >= 0.6 is 11.6 Å². The van der Waals surface area contributed by atoms with Gasteiger partial charge in [-0.1, -0.05) is 23.7 Å². The first kappa shape index (κ1) is 17.0. The van der Waals surface area contributed by atoms with E-state index in [1.165, 1.54) is 5.69 Å². The number of rotatable bonds is 5. The van der Waals surface area contributed by atoms with E-state index in [-0.39, 0.29) is 11.9 Å². The van der Waals surface area contributed by atoms with E-state index in [9.17, 15) is 4.79 Å². The number of amides is 1. The first-order chi connectivity index (χ1) is 11.7. The lowest BCUT2D eigenvalue weighted by Gasteiger charge is -2.35. The van der Waals surface area contributed by atoms with Gasteiger partial charge in [-0.15, -0.1) is 0 Å². The first-order valence-electron chi connectivity index (χ1n) is 8.12. The van der Waals surface area contributed by atoms with Gasteiger partial charge in [0.05, 0.1) is 29.8 Å². The van der Waals surface area contributed by atoms with E-state index in [1.54, 1.807) is 12.1 Å². The van der Waals surface area contributed by atoms with Crippen molar-refractivity contribution in [2.45, 2.75) is 6.04 Å². The minimum Gasteiger partial charge on any atom is -0.379 e. The van der Waals surface area contributed by atoms with Crippen molar-refractivity contribution in [3.63, 3.8) is 0 Å². The molecule has 1 aliphatic rings. The molecule has 3 rings (SSSR count). The van der Waals surface area contributed by atoms with Crippen LogP contribution in [0.2, 0.25) is 5.02 Å². The summed E-state index contributed by atoms with van der Waals surface area (Å²) in [5.74, 6) is -0.145. The summed E-state index contributed by atoms with van der Waals surface area (Å²) in [6, 6.07) is 11.3. The molecular formula is C18H22ClN3O2. The number of carbonyl (C=O) groups excluding carboxylic acids is 1. The number of hydrogen-bond acceptors (Lipinski definition) is 3. The smallest absolute Gasteiger partial charge is 0.252 e. The monoisotopic (exact) mass is 347 g/mol. The molecule has 1 aromatic heterocycles. The maximum absolute atomic E-state index is 12.5. The van der Waals surface area contributed by atoms with Crippen molar-refractivity contribution in [3.8, 4) is 0 Å². The zero-order chi connectivity index (χ0) is 16.9. The van der Waals surface area contributed by atoms with Gasteiger partial charge in [0.15, 0.2) is 0 Å². The quantitative estimate of drug-likeness (QED) is 0.904. The summed E-state index contributed by atoms with van der Waals surface area (Å²) in [6.07, 6.45) is 2.03. The van der Waals surface area contributed by atoms with Crippen molar-refractivity contribution in [3.05, 3.63) is 58.9 Å². The summed E-state index contributed by atoms with van der Waals surface area (Å²) in [4.78, 5) is 14.8. The Balaban J connectivity index is 1.73. The second-order valence-corrected chi connectivity index (χ2v) is 6.31. The molecule has 1 fully saturated rings. The second kappa shape index (κ2) is 7.83. The van der Waals surface area contributed by atoms with Crippen molar-refractivity contribution in [1.29, 1.82) is 0 Å². The average Bonchev–Trinajstić information content (AvgIpc) is 3.02. The highest BCUT2D eigenvalue weighted by atomic mass is 35.5. The van der Waals surface area contributed by atoms with E-state index in [0.717, 1.165) is 26.3 Å². The lowest BCUT2D eigenvalue weighted by Crippen LogP contribution is -2.44. The van der Waals surface area contributed by atoms with Crippen LogP contribution in [0.25, 0.3) is 0 Å². The van der Waals surface area contributed by atoms with Gasteiger partial charge in [-0.3, -0.25) is 9.69 Å². The Bertz CT molecular complexity index is 695. The molecule has 2 heterocycles. The molecule has 5 nitrogen and oxygen atoms in total. The van der Waals surface area contributed by atoms with E-state index < -0.39 is 0 Å². The molecule has 6 heteroatoms. The van der Waals surface area contributed by atoms with E-state index in [4.69, 9.17) is 16.3 Å². The maximum atomic E-state index is 12.5. The minimum atomic E-state index is -0.145. The fourth-order valence-electron chi connectivity index (χ4n) is 3.06. The lowest BCUT2D eigenvalue weighted by atomic mass is 10.1. The molecule has 1 unspecified atom stereocenters. The fraction of sp³-hybridized carbons (Fsp3) is 0.389.